The molecule has 422 valence electrons. The number of carbonyl (C=O) groups excluding carboxylic acids is 8. The second-order valence-electron chi connectivity index (χ2n) is 19.8. The molecule has 2 aliphatic rings. The molecule has 1 aliphatic heterocycles. The fraction of sp³-hybridized carbons (Fsp3) is 0.654. The number of aliphatic carboxylic acids is 4. The van der Waals surface area contributed by atoms with Crippen LogP contribution in [0, 0.1) is 11.8 Å². The summed E-state index contributed by atoms with van der Waals surface area (Å²) in [5, 5.41) is 51.2. The Balaban J connectivity index is 1.66. The predicted octanol–water partition coefficient (Wildman–Crippen LogP) is 3.67. The van der Waals surface area contributed by atoms with E-state index in [0.717, 1.165) is 19.3 Å². The van der Waals surface area contributed by atoms with Gasteiger partial charge in [-0.15, -0.1) is 5.06 Å². The Morgan fingerprint density at radius 3 is 1.49 bits per heavy atom. The van der Waals surface area contributed by atoms with Gasteiger partial charge in [-0.25, -0.2) is 4.79 Å². The molecule has 1 aromatic carbocycles. The SMILES string of the molecule is CCC[CH2][Sn]([CH2]CCC)([CH2]CCC)[c]1cccc(C(=O)NCCCC[C@@H](NC(=O)[C@@H](CCC(=O)O)NC(=O)[C@@H](CCC(=O)O)NC(=O)[C@@H](CCC(=O)O)NC(=O)C2CCC(C(=O)ON3C(=O)CCC3=O)CC2)C(=O)O)c1. The molecule has 0 unspecified atom stereocenters. The van der Waals surface area contributed by atoms with Gasteiger partial charge in [0.1, 0.15) is 18.1 Å². The number of carboxylic acids is 4. The third-order valence-electron chi connectivity index (χ3n) is 14.0. The van der Waals surface area contributed by atoms with Gasteiger partial charge in [0.15, 0.2) is 0 Å². The van der Waals surface area contributed by atoms with Crippen LogP contribution in [0.2, 0.25) is 13.3 Å². The first kappa shape index (κ1) is 64.1. The Bertz CT molecular complexity index is 2180. The number of hydrogen-bond acceptors (Lipinski definition) is 13. The molecular formula is C52H78N6O17Sn. The van der Waals surface area contributed by atoms with Gasteiger partial charge in [-0.3, -0.25) is 43.2 Å². The molecule has 1 saturated heterocycles. The summed E-state index contributed by atoms with van der Waals surface area (Å²) >= 11 is -2.83. The third kappa shape index (κ3) is 21.5. The second-order valence-corrected chi connectivity index (χ2v) is 33.1. The summed E-state index contributed by atoms with van der Waals surface area (Å²) in [5.41, 5.74) is 0.565. The van der Waals surface area contributed by atoms with Crippen LogP contribution in [0.25, 0.3) is 0 Å². The summed E-state index contributed by atoms with van der Waals surface area (Å²) in [4.78, 5) is 157. The predicted molar refractivity (Wildman–Crippen MR) is 276 cm³/mol. The summed E-state index contributed by atoms with van der Waals surface area (Å²) in [6, 6.07) is 1.45. The summed E-state index contributed by atoms with van der Waals surface area (Å²) in [6.45, 7) is 6.82. The van der Waals surface area contributed by atoms with Gasteiger partial charge in [-0.2, -0.15) is 0 Å². The van der Waals surface area contributed by atoms with Crippen LogP contribution in [0.3, 0.4) is 0 Å². The first-order valence-corrected chi connectivity index (χ1v) is 34.2. The van der Waals surface area contributed by atoms with Gasteiger partial charge in [0.25, 0.3) is 11.8 Å². The van der Waals surface area contributed by atoms with Crippen molar-refractivity contribution in [1.29, 1.82) is 0 Å². The molecule has 4 atom stereocenters. The first-order chi connectivity index (χ1) is 36.1. The molecule has 1 heterocycles. The standard InChI is InChI=1S/C40H51N6O17.3C4H9.Sn/c47-29-16-17-30(48)46(29)63-40(62)24-11-9-23(10-12-24)35(56)42-25(13-18-31(49)50)36(57)43-26(14-19-32(51)52)37(58)44-27(15-20-33(53)54)38(59)45-28(39(60)61)8-4-5-21-41-34(55)22-6-2-1-3-7-22;3*1-3-4-2;/h1-2,6-7,23-28H,4-5,8-21H2,(H,41,55)(H,42,56)(H,43,57)(H,44,58)(H,45,59)(H,49,50)(H,51,52)(H,53,54)(H,60,61);3*1,3-4H2,2H3;/t23?,24?,25-,26-,27-,28-;;;;/m1..../s1. The van der Waals surface area contributed by atoms with E-state index in [-0.39, 0.29) is 63.8 Å². The maximum atomic E-state index is 13.8. The summed E-state index contributed by atoms with van der Waals surface area (Å²) in [5.74, 6) is -13.6. The number of unbranched alkanes of at least 4 members (excludes halogenated alkanes) is 4. The van der Waals surface area contributed by atoms with E-state index < -0.39 is 158 Å². The van der Waals surface area contributed by atoms with E-state index in [2.05, 4.69) is 59.5 Å². The van der Waals surface area contributed by atoms with Crippen molar-refractivity contribution in [2.45, 2.75) is 193 Å². The summed E-state index contributed by atoms with van der Waals surface area (Å²) < 4.78 is 5.07. The van der Waals surface area contributed by atoms with Crippen molar-refractivity contribution in [1.82, 2.24) is 31.6 Å². The zero-order valence-corrected chi connectivity index (χ0v) is 46.8. The topological polar surface area (TPSA) is 358 Å². The molecule has 7 amide bonds. The van der Waals surface area contributed by atoms with Crippen LogP contribution < -0.4 is 30.2 Å². The number of amides is 7. The zero-order chi connectivity index (χ0) is 56.4. The molecule has 23 nitrogen and oxygen atoms in total. The number of nitrogens with one attached hydrogen (secondary N) is 5. The Morgan fingerprint density at radius 2 is 1.04 bits per heavy atom. The number of carboxylic acid groups (broad SMARTS) is 4. The second kappa shape index (κ2) is 33.1. The van der Waals surface area contributed by atoms with Crippen LogP contribution in [0.5, 0.6) is 0 Å². The normalized spacial score (nSPS) is 17.1. The van der Waals surface area contributed by atoms with Crippen LogP contribution >= 0.6 is 0 Å². The van der Waals surface area contributed by atoms with E-state index in [9.17, 15) is 78.0 Å². The summed E-state index contributed by atoms with van der Waals surface area (Å²) in [7, 11) is 0. The van der Waals surface area contributed by atoms with Crippen molar-refractivity contribution in [3.63, 3.8) is 0 Å². The molecule has 0 radical (unpaired) electrons. The summed E-state index contributed by atoms with van der Waals surface area (Å²) in [6.07, 6.45) is 3.84. The van der Waals surface area contributed by atoms with Gasteiger partial charge in [0, 0.05) is 38.0 Å². The van der Waals surface area contributed by atoms with E-state index in [1.54, 1.807) is 6.07 Å². The van der Waals surface area contributed by atoms with Crippen LogP contribution in [-0.4, -0.2) is 146 Å². The van der Waals surface area contributed by atoms with E-state index in [0.29, 0.717) is 17.0 Å². The van der Waals surface area contributed by atoms with Gasteiger partial charge in [0.05, 0.1) is 5.92 Å². The molecule has 3 rings (SSSR count). The van der Waals surface area contributed by atoms with Gasteiger partial charge < -0.3 is 36.1 Å². The number of rotatable bonds is 36. The molecule has 9 N–H and O–H groups in total. The molecular weight excluding hydrogens is 1100 g/mol. The zero-order valence-electron chi connectivity index (χ0n) is 44.0. The molecule has 1 aliphatic carbocycles. The fourth-order valence-electron chi connectivity index (χ4n) is 9.51. The Morgan fingerprint density at radius 1 is 0.592 bits per heavy atom. The van der Waals surface area contributed by atoms with E-state index in [1.165, 1.54) is 36.2 Å². The van der Waals surface area contributed by atoms with Crippen LogP contribution in [0.1, 0.15) is 166 Å². The van der Waals surface area contributed by atoms with Gasteiger partial charge in [-0.05, 0) is 44.9 Å². The van der Waals surface area contributed by atoms with E-state index >= 15 is 0 Å². The number of hydrogen-bond donors (Lipinski definition) is 9. The molecule has 0 spiro atoms. The van der Waals surface area contributed by atoms with Crippen molar-refractivity contribution in [3.05, 3.63) is 29.8 Å². The van der Waals surface area contributed by atoms with Crippen molar-refractivity contribution < 1.29 is 82.8 Å². The molecule has 1 aromatic rings. The van der Waals surface area contributed by atoms with Crippen molar-refractivity contribution >= 4 is 93.2 Å². The number of nitrogens with zero attached hydrogens (tertiary/aromatic N) is 1. The van der Waals surface area contributed by atoms with Crippen LogP contribution in [-0.2, 0) is 57.6 Å². The van der Waals surface area contributed by atoms with Gasteiger partial charge >= 0.3 is 223 Å². The van der Waals surface area contributed by atoms with Crippen molar-refractivity contribution in [2.24, 2.45) is 11.8 Å². The minimum absolute atomic E-state index is 0.0947. The minimum atomic E-state index is -2.83. The Hall–Kier alpha value is -6.14. The molecule has 76 heavy (non-hydrogen) atoms. The van der Waals surface area contributed by atoms with Crippen LogP contribution in [0.4, 0.5) is 0 Å². The van der Waals surface area contributed by atoms with E-state index in [1.807, 2.05) is 6.07 Å². The fourth-order valence-corrected chi connectivity index (χ4v) is 25.5. The number of hydroxylamine groups is 2. The average molecular weight is 1180 g/mol. The number of imide groups is 1. The average Bonchev–Trinajstić information content (AvgIpc) is 3.70. The van der Waals surface area contributed by atoms with Crippen molar-refractivity contribution in [3.8, 4) is 0 Å². The maximum absolute atomic E-state index is 13.8. The third-order valence-corrected chi connectivity index (χ3v) is 29.6. The van der Waals surface area contributed by atoms with Crippen LogP contribution in [0.15, 0.2) is 24.3 Å². The quantitative estimate of drug-likeness (QED) is 0.0263. The Labute approximate surface area is 447 Å². The van der Waals surface area contributed by atoms with E-state index in [4.69, 9.17) is 4.84 Å². The van der Waals surface area contributed by atoms with Gasteiger partial charge in [-0.1, -0.05) is 0 Å². The molecule has 1 saturated carbocycles. The monoisotopic (exact) mass is 1180 g/mol. The number of carbonyl (C=O) groups is 12. The molecule has 0 bridgehead atoms. The number of benzene rings is 1. The Kier molecular flexibility index (Phi) is 27.9. The first-order valence-electron chi connectivity index (χ1n) is 26.7. The molecule has 0 aromatic heterocycles. The molecule has 24 heteroatoms. The van der Waals surface area contributed by atoms with Gasteiger partial charge in [0.2, 0.25) is 17.7 Å². The molecule has 2 fully saturated rings. The van der Waals surface area contributed by atoms with Crippen molar-refractivity contribution in [2.75, 3.05) is 6.54 Å².